The molecule has 1 saturated heterocycles. The molecule has 1 unspecified atom stereocenters. The quantitative estimate of drug-likeness (QED) is 0.742. The lowest BCUT2D eigenvalue weighted by molar-refractivity contribution is -0.120. The molecule has 0 aliphatic carbocycles. The molecule has 0 bridgehead atoms. The number of rotatable bonds is 1. The van der Waals surface area contributed by atoms with E-state index in [0.29, 0.717) is 0 Å². The molecule has 0 aromatic rings. The second-order valence-corrected chi connectivity index (χ2v) is 6.34. The molecule has 1 rings (SSSR count). The molecule has 78 valence electrons. The summed E-state index contributed by atoms with van der Waals surface area (Å²) in [6, 6.07) is 0. The highest BCUT2D eigenvalue weighted by Gasteiger charge is 2.54. The lowest BCUT2D eigenvalue weighted by Gasteiger charge is -2.42. The lowest BCUT2D eigenvalue weighted by atomic mass is 9.82. The van der Waals surface area contributed by atoms with E-state index in [0.717, 1.165) is 5.75 Å². The molecule has 0 amide bonds. The maximum absolute atomic E-state index is 13.0. The Balaban J connectivity index is 2.81. The molecule has 1 aliphatic heterocycles. The summed E-state index contributed by atoms with van der Waals surface area (Å²) in [5.74, 6) is 0.910. The van der Waals surface area contributed by atoms with Gasteiger partial charge >= 0.3 is 4.83 Å². The highest BCUT2D eigenvalue weighted by Crippen LogP contribution is 2.48. The summed E-state index contributed by atoms with van der Waals surface area (Å²) in [5, 5.41) is 9.73. The first-order chi connectivity index (χ1) is 5.66. The normalized spacial score (nSPS) is 34.6. The van der Waals surface area contributed by atoms with Crippen LogP contribution in [0.25, 0.3) is 0 Å². The second kappa shape index (κ2) is 3.35. The van der Waals surface area contributed by atoms with Gasteiger partial charge in [-0.05, 0) is 33.5 Å². The summed E-state index contributed by atoms with van der Waals surface area (Å²) in [4.78, 5) is -3.19. The molecule has 1 N–H and O–H groups in total. The largest absolute Gasteiger partial charge is 0.382 e. The third-order valence-electron chi connectivity index (χ3n) is 2.13. The van der Waals surface area contributed by atoms with Gasteiger partial charge in [-0.2, -0.15) is 20.5 Å². The van der Waals surface area contributed by atoms with Gasteiger partial charge in [-0.25, -0.2) is 0 Å². The SMILES string of the molecule is CC1(C)CSCC(O)(C(F)(F)Br)C1. The fourth-order valence-corrected chi connectivity index (χ4v) is 3.42. The van der Waals surface area contributed by atoms with E-state index in [4.69, 9.17) is 0 Å². The van der Waals surface area contributed by atoms with Crippen molar-refractivity contribution in [3.05, 3.63) is 0 Å². The molecule has 1 aliphatic rings. The molecule has 0 radical (unpaired) electrons. The summed E-state index contributed by atoms with van der Waals surface area (Å²) < 4.78 is 26.0. The minimum absolute atomic E-state index is 0.0919. The molecule has 0 aromatic carbocycles. The monoisotopic (exact) mass is 274 g/mol. The van der Waals surface area contributed by atoms with Crippen LogP contribution >= 0.6 is 27.7 Å². The van der Waals surface area contributed by atoms with Crippen molar-refractivity contribution < 1.29 is 13.9 Å². The van der Waals surface area contributed by atoms with Crippen LogP contribution < -0.4 is 0 Å². The van der Waals surface area contributed by atoms with Crippen molar-refractivity contribution in [2.24, 2.45) is 5.41 Å². The summed E-state index contributed by atoms with van der Waals surface area (Å²) in [6.45, 7) is 3.78. The molecule has 13 heavy (non-hydrogen) atoms. The standard InChI is InChI=1S/C8H13BrF2OS/c1-6(2)3-7(12,5-13-4-6)8(9,10)11/h12H,3-5H2,1-2H3. The predicted molar refractivity (Wildman–Crippen MR) is 54.5 cm³/mol. The number of thioether (sulfide) groups is 1. The fraction of sp³-hybridized carbons (Fsp3) is 1.00. The van der Waals surface area contributed by atoms with Gasteiger partial charge in [-0.1, -0.05) is 13.8 Å². The van der Waals surface area contributed by atoms with Crippen LogP contribution in [0, 0.1) is 5.41 Å². The van der Waals surface area contributed by atoms with E-state index < -0.39 is 10.4 Å². The van der Waals surface area contributed by atoms with Crippen LogP contribution in [0.2, 0.25) is 0 Å². The van der Waals surface area contributed by atoms with Gasteiger partial charge in [0.2, 0.25) is 0 Å². The Labute approximate surface area is 89.4 Å². The molecule has 0 aromatic heterocycles. The van der Waals surface area contributed by atoms with E-state index in [1.54, 1.807) is 0 Å². The Morgan fingerprint density at radius 1 is 1.38 bits per heavy atom. The predicted octanol–water partition coefficient (Wildman–Crippen LogP) is 2.87. The zero-order chi connectivity index (χ0) is 10.3. The van der Waals surface area contributed by atoms with Crippen LogP contribution in [0.4, 0.5) is 8.78 Å². The van der Waals surface area contributed by atoms with Crippen molar-refractivity contribution in [2.75, 3.05) is 11.5 Å². The molecule has 1 nitrogen and oxygen atoms in total. The van der Waals surface area contributed by atoms with Crippen molar-refractivity contribution in [3.63, 3.8) is 0 Å². The maximum Gasteiger partial charge on any atom is 0.330 e. The van der Waals surface area contributed by atoms with Crippen LogP contribution in [0.15, 0.2) is 0 Å². The highest BCUT2D eigenvalue weighted by atomic mass is 79.9. The lowest BCUT2D eigenvalue weighted by Crippen LogP contribution is -2.52. The molecule has 5 heteroatoms. The topological polar surface area (TPSA) is 20.2 Å². The van der Waals surface area contributed by atoms with Crippen molar-refractivity contribution >= 4 is 27.7 Å². The molecular formula is C8H13BrF2OS. The number of aliphatic hydroxyl groups is 1. The Hall–Kier alpha value is 0.650. The average molecular weight is 275 g/mol. The third kappa shape index (κ3) is 2.57. The molecular weight excluding hydrogens is 262 g/mol. The summed E-state index contributed by atoms with van der Waals surface area (Å²) >= 11 is 3.63. The van der Waals surface area contributed by atoms with Crippen LogP contribution in [0.5, 0.6) is 0 Å². The van der Waals surface area contributed by atoms with Gasteiger partial charge in [0.05, 0.1) is 0 Å². The van der Waals surface area contributed by atoms with Crippen molar-refractivity contribution in [2.45, 2.75) is 30.7 Å². The molecule has 1 atom stereocenters. The number of alkyl halides is 3. The van der Waals surface area contributed by atoms with Gasteiger partial charge in [-0.3, -0.25) is 0 Å². The minimum atomic E-state index is -3.19. The van der Waals surface area contributed by atoms with E-state index >= 15 is 0 Å². The van der Waals surface area contributed by atoms with Crippen molar-refractivity contribution in [1.29, 1.82) is 0 Å². The first-order valence-corrected chi connectivity index (χ1v) is 5.98. The first-order valence-electron chi connectivity index (χ1n) is 4.03. The van der Waals surface area contributed by atoms with E-state index in [9.17, 15) is 13.9 Å². The van der Waals surface area contributed by atoms with Gasteiger partial charge in [0.15, 0.2) is 0 Å². The molecule has 1 heterocycles. The zero-order valence-corrected chi connectivity index (χ0v) is 10.0. The Kier molecular flexibility index (Phi) is 3.02. The average Bonchev–Trinajstić information content (AvgIpc) is 1.80. The highest BCUT2D eigenvalue weighted by molar-refractivity contribution is 9.10. The number of hydrogen-bond acceptors (Lipinski definition) is 2. The zero-order valence-electron chi connectivity index (χ0n) is 7.61. The Morgan fingerprint density at radius 2 is 1.92 bits per heavy atom. The Bertz CT molecular complexity index is 205. The van der Waals surface area contributed by atoms with E-state index in [1.165, 1.54) is 11.8 Å². The number of halogens is 3. The Morgan fingerprint density at radius 3 is 2.23 bits per heavy atom. The summed E-state index contributed by atoms with van der Waals surface area (Å²) in [7, 11) is 0. The van der Waals surface area contributed by atoms with E-state index in [2.05, 4.69) is 15.9 Å². The number of hydrogen-bond donors (Lipinski definition) is 1. The van der Waals surface area contributed by atoms with Crippen molar-refractivity contribution in [3.8, 4) is 0 Å². The summed E-state index contributed by atoms with van der Waals surface area (Å²) in [5.41, 5.74) is -2.13. The van der Waals surface area contributed by atoms with Crippen LogP contribution in [-0.4, -0.2) is 27.0 Å². The maximum atomic E-state index is 13.0. The smallest absolute Gasteiger partial charge is 0.330 e. The van der Waals surface area contributed by atoms with Crippen LogP contribution in [-0.2, 0) is 0 Å². The molecule has 1 fully saturated rings. The first kappa shape index (κ1) is 11.7. The van der Waals surface area contributed by atoms with Gasteiger partial charge in [0, 0.05) is 5.75 Å². The van der Waals surface area contributed by atoms with Crippen LogP contribution in [0.3, 0.4) is 0 Å². The van der Waals surface area contributed by atoms with Gasteiger partial charge in [0.1, 0.15) is 5.60 Å². The van der Waals surface area contributed by atoms with Gasteiger partial charge in [-0.15, -0.1) is 0 Å². The van der Waals surface area contributed by atoms with Gasteiger partial charge in [0.25, 0.3) is 0 Å². The fourth-order valence-electron chi connectivity index (χ4n) is 1.57. The summed E-state index contributed by atoms with van der Waals surface area (Å²) in [6.07, 6.45) is 0.130. The van der Waals surface area contributed by atoms with E-state index in [-0.39, 0.29) is 17.6 Å². The van der Waals surface area contributed by atoms with Crippen LogP contribution in [0.1, 0.15) is 20.3 Å². The minimum Gasteiger partial charge on any atom is -0.382 e. The molecule has 0 saturated carbocycles. The van der Waals surface area contributed by atoms with Gasteiger partial charge < -0.3 is 5.11 Å². The molecule has 0 spiro atoms. The third-order valence-corrected chi connectivity index (χ3v) is 4.54. The second-order valence-electron chi connectivity index (χ2n) is 4.36. The van der Waals surface area contributed by atoms with Crippen molar-refractivity contribution in [1.82, 2.24) is 0 Å². The van der Waals surface area contributed by atoms with E-state index in [1.807, 2.05) is 13.8 Å².